The topological polar surface area (TPSA) is 59.8 Å². The number of hydrogen-bond acceptors (Lipinski definition) is 4. The van der Waals surface area contributed by atoms with Crippen LogP contribution >= 0.6 is 23.4 Å². The van der Waals surface area contributed by atoms with Gasteiger partial charge in [0, 0.05) is 22.8 Å². The molecule has 0 aliphatic rings. The third kappa shape index (κ3) is 5.36. The van der Waals surface area contributed by atoms with Crippen molar-refractivity contribution in [3.63, 3.8) is 0 Å². The molecule has 0 radical (unpaired) electrons. The van der Waals surface area contributed by atoms with Crippen LogP contribution in [-0.2, 0) is 4.79 Å². The van der Waals surface area contributed by atoms with Crippen LogP contribution in [0.3, 0.4) is 0 Å². The van der Waals surface area contributed by atoms with E-state index in [9.17, 15) is 4.79 Å². The smallest absolute Gasteiger partial charge is 0.230 e. The molecule has 146 valence electrons. The number of hydrogen-bond donors (Lipinski definition) is 1. The van der Waals surface area contributed by atoms with Gasteiger partial charge in [-0.2, -0.15) is 0 Å². The summed E-state index contributed by atoms with van der Waals surface area (Å²) in [6, 6.07) is 17.4. The second kappa shape index (κ2) is 9.75. The summed E-state index contributed by atoms with van der Waals surface area (Å²) in [6.45, 7) is 4.97. The van der Waals surface area contributed by atoms with E-state index in [0.717, 1.165) is 17.7 Å². The summed E-state index contributed by atoms with van der Waals surface area (Å²) in [5, 5.41) is 13.0. The van der Waals surface area contributed by atoms with E-state index in [1.54, 1.807) is 0 Å². The van der Waals surface area contributed by atoms with Crippen LogP contribution in [-0.4, -0.2) is 33.0 Å². The van der Waals surface area contributed by atoms with E-state index in [1.807, 2.05) is 59.2 Å². The fourth-order valence-corrected chi connectivity index (χ4v) is 3.55. The van der Waals surface area contributed by atoms with Crippen molar-refractivity contribution in [2.24, 2.45) is 5.92 Å². The number of aromatic nitrogens is 3. The number of thioether (sulfide) groups is 1. The first kappa shape index (κ1) is 20.4. The van der Waals surface area contributed by atoms with E-state index in [1.165, 1.54) is 11.8 Å². The zero-order chi connectivity index (χ0) is 19.9. The van der Waals surface area contributed by atoms with Gasteiger partial charge in [-0.25, -0.2) is 0 Å². The van der Waals surface area contributed by atoms with Gasteiger partial charge in [0.25, 0.3) is 0 Å². The molecule has 0 spiro atoms. The first-order valence-corrected chi connectivity index (χ1v) is 10.6. The second-order valence-corrected chi connectivity index (χ2v) is 8.18. The molecule has 3 aromatic rings. The first-order chi connectivity index (χ1) is 13.5. The van der Waals surface area contributed by atoms with Crippen LogP contribution in [0, 0.1) is 5.92 Å². The Morgan fingerprint density at radius 2 is 1.82 bits per heavy atom. The van der Waals surface area contributed by atoms with Crippen LogP contribution < -0.4 is 5.32 Å². The van der Waals surface area contributed by atoms with Gasteiger partial charge < -0.3 is 5.32 Å². The molecule has 3 rings (SSSR count). The van der Waals surface area contributed by atoms with E-state index in [4.69, 9.17) is 11.6 Å². The Morgan fingerprint density at radius 3 is 2.50 bits per heavy atom. The summed E-state index contributed by atoms with van der Waals surface area (Å²) in [5.74, 6) is 1.58. The first-order valence-electron chi connectivity index (χ1n) is 9.21. The molecule has 0 unspecified atom stereocenters. The maximum atomic E-state index is 12.2. The van der Waals surface area contributed by atoms with Gasteiger partial charge in [-0.1, -0.05) is 55.4 Å². The van der Waals surface area contributed by atoms with Crippen LogP contribution in [0.2, 0.25) is 5.02 Å². The van der Waals surface area contributed by atoms with Crippen molar-refractivity contribution in [2.45, 2.75) is 25.4 Å². The number of benzene rings is 2. The highest BCUT2D eigenvalue weighted by molar-refractivity contribution is 7.99. The van der Waals surface area contributed by atoms with Gasteiger partial charge in [0.2, 0.25) is 5.91 Å². The van der Waals surface area contributed by atoms with Crippen molar-refractivity contribution in [3.8, 4) is 17.1 Å². The van der Waals surface area contributed by atoms with Crippen molar-refractivity contribution < 1.29 is 4.79 Å². The quantitative estimate of drug-likeness (QED) is 0.535. The molecule has 0 atom stereocenters. The van der Waals surface area contributed by atoms with Crippen molar-refractivity contribution in [3.05, 3.63) is 59.6 Å². The fraction of sp³-hybridized carbons (Fsp3) is 0.286. The molecule has 28 heavy (non-hydrogen) atoms. The Bertz CT molecular complexity index is 910. The largest absolute Gasteiger partial charge is 0.355 e. The van der Waals surface area contributed by atoms with Gasteiger partial charge in [-0.15, -0.1) is 10.2 Å². The van der Waals surface area contributed by atoms with Crippen molar-refractivity contribution in [1.29, 1.82) is 0 Å². The van der Waals surface area contributed by atoms with Crippen LogP contribution in [0.4, 0.5) is 0 Å². The zero-order valence-electron chi connectivity index (χ0n) is 15.9. The molecule has 1 amide bonds. The number of carbonyl (C=O) groups is 1. The fourth-order valence-electron chi connectivity index (χ4n) is 2.64. The lowest BCUT2D eigenvalue weighted by Gasteiger charge is -2.11. The van der Waals surface area contributed by atoms with Crippen molar-refractivity contribution >= 4 is 29.3 Å². The Kier molecular flexibility index (Phi) is 7.12. The maximum absolute atomic E-state index is 12.2. The van der Waals surface area contributed by atoms with Crippen molar-refractivity contribution in [2.75, 3.05) is 12.3 Å². The number of nitrogens with one attached hydrogen (secondary N) is 1. The van der Waals surface area contributed by atoms with E-state index < -0.39 is 0 Å². The Morgan fingerprint density at radius 1 is 1.11 bits per heavy atom. The van der Waals surface area contributed by atoms with E-state index in [0.29, 0.717) is 34.2 Å². The minimum Gasteiger partial charge on any atom is -0.355 e. The number of rotatable bonds is 8. The molecule has 0 bridgehead atoms. The van der Waals surface area contributed by atoms with Crippen LogP contribution in [0.25, 0.3) is 17.1 Å². The van der Waals surface area contributed by atoms with Crippen LogP contribution in [0.15, 0.2) is 59.8 Å². The summed E-state index contributed by atoms with van der Waals surface area (Å²) in [7, 11) is 0. The standard InChI is InChI=1S/C21H23ClN4OS/c1-15(2)12-13-23-19(27)14-28-21-25-24-20(16-8-10-17(22)11-9-16)26(21)18-6-4-3-5-7-18/h3-11,15H,12-14H2,1-2H3,(H,23,27). The number of nitrogens with zero attached hydrogens (tertiary/aromatic N) is 3. The van der Waals surface area contributed by atoms with Gasteiger partial charge in [-0.3, -0.25) is 9.36 Å². The van der Waals surface area contributed by atoms with E-state index >= 15 is 0 Å². The molecule has 0 saturated heterocycles. The zero-order valence-corrected chi connectivity index (χ0v) is 17.5. The third-order valence-corrected chi connectivity index (χ3v) is 5.31. The molecule has 5 nitrogen and oxygen atoms in total. The van der Waals surface area contributed by atoms with Crippen LogP contribution in [0.5, 0.6) is 0 Å². The van der Waals surface area contributed by atoms with E-state index in [-0.39, 0.29) is 5.91 Å². The molecular formula is C21H23ClN4OS. The Labute approximate surface area is 174 Å². The van der Waals surface area contributed by atoms with Gasteiger partial charge in [-0.05, 0) is 48.7 Å². The minimum absolute atomic E-state index is 0.00121. The number of para-hydroxylation sites is 1. The predicted molar refractivity (Wildman–Crippen MR) is 115 cm³/mol. The Hall–Kier alpha value is -2.31. The van der Waals surface area contributed by atoms with Gasteiger partial charge in [0.05, 0.1) is 5.75 Å². The summed E-state index contributed by atoms with van der Waals surface area (Å²) < 4.78 is 1.97. The Balaban J connectivity index is 1.81. The molecule has 0 aliphatic carbocycles. The molecule has 0 fully saturated rings. The molecule has 0 aliphatic heterocycles. The summed E-state index contributed by atoms with van der Waals surface area (Å²) in [4.78, 5) is 12.2. The third-order valence-electron chi connectivity index (χ3n) is 4.13. The molecule has 7 heteroatoms. The van der Waals surface area contributed by atoms with Gasteiger partial charge in [0.15, 0.2) is 11.0 Å². The highest BCUT2D eigenvalue weighted by atomic mass is 35.5. The van der Waals surface area contributed by atoms with E-state index in [2.05, 4.69) is 29.4 Å². The normalized spacial score (nSPS) is 11.0. The molecular weight excluding hydrogens is 392 g/mol. The number of amides is 1. The summed E-state index contributed by atoms with van der Waals surface area (Å²) in [5.41, 5.74) is 1.86. The highest BCUT2D eigenvalue weighted by Crippen LogP contribution is 2.28. The predicted octanol–water partition coefficient (Wildman–Crippen LogP) is 4.84. The van der Waals surface area contributed by atoms with Gasteiger partial charge in [0.1, 0.15) is 0 Å². The summed E-state index contributed by atoms with van der Waals surface area (Å²) in [6.07, 6.45) is 0.970. The monoisotopic (exact) mass is 414 g/mol. The minimum atomic E-state index is 0.00121. The molecule has 1 N–H and O–H groups in total. The molecule has 1 aromatic heterocycles. The lowest BCUT2D eigenvalue weighted by molar-refractivity contribution is -0.118. The average Bonchev–Trinajstić information content (AvgIpc) is 3.11. The number of carbonyl (C=O) groups excluding carboxylic acids is 1. The summed E-state index contributed by atoms with van der Waals surface area (Å²) >= 11 is 7.39. The van der Waals surface area contributed by atoms with Crippen molar-refractivity contribution in [1.82, 2.24) is 20.1 Å². The van der Waals surface area contributed by atoms with Gasteiger partial charge >= 0.3 is 0 Å². The van der Waals surface area contributed by atoms with Crippen LogP contribution in [0.1, 0.15) is 20.3 Å². The average molecular weight is 415 g/mol. The molecule has 0 saturated carbocycles. The molecule has 2 aromatic carbocycles. The SMILES string of the molecule is CC(C)CCNC(=O)CSc1nnc(-c2ccc(Cl)cc2)n1-c1ccccc1. The lowest BCUT2D eigenvalue weighted by atomic mass is 10.1. The maximum Gasteiger partial charge on any atom is 0.230 e. The highest BCUT2D eigenvalue weighted by Gasteiger charge is 2.17. The second-order valence-electron chi connectivity index (χ2n) is 6.81. The molecule has 1 heterocycles. The number of halogens is 1. The lowest BCUT2D eigenvalue weighted by Crippen LogP contribution is -2.27.